The first kappa shape index (κ1) is 16.3. The summed E-state index contributed by atoms with van der Waals surface area (Å²) >= 11 is 0. The Morgan fingerprint density at radius 1 is 1.32 bits per heavy atom. The number of ether oxygens (including phenoxy) is 2. The summed E-state index contributed by atoms with van der Waals surface area (Å²) in [7, 11) is 0. The Kier molecular flexibility index (Phi) is 4.71. The molecule has 0 radical (unpaired) electrons. The van der Waals surface area contributed by atoms with E-state index >= 15 is 0 Å². The van der Waals surface area contributed by atoms with Gasteiger partial charge in [-0.25, -0.2) is 4.79 Å². The molecule has 6 heteroatoms. The van der Waals surface area contributed by atoms with Crippen LogP contribution in [0.15, 0.2) is 12.1 Å². The number of amides is 1. The quantitative estimate of drug-likeness (QED) is 0.858. The van der Waals surface area contributed by atoms with Crippen LogP contribution in [-0.2, 0) is 14.3 Å². The van der Waals surface area contributed by atoms with Crippen LogP contribution in [0.1, 0.15) is 23.1 Å². The molecule has 0 aliphatic carbocycles. The summed E-state index contributed by atoms with van der Waals surface area (Å²) in [5.74, 6) is -0.888. The van der Waals surface area contributed by atoms with E-state index in [0.717, 1.165) is 16.7 Å². The first-order chi connectivity index (χ1) is 10.3. The van der Waals surface area contributed by atoms with Gasteiger partial charge in [0.05, 0.1) is 6.61 Å². The lowest BCUT2D eigenvalue weighted by Gasteiger charge is -2.24. The van der Waals surface area contributed by atoms with Gasteiger partial charge in [-0.1, -0.05) is 17.7 Å². The molecule has 0 aromatic heterocycles. The topological polar surface area (TPSA) is 84.9 Å². The van der Waals surface area contributed by atoms with Crippen LogP contribution in [0.4, 0.5) is 0 Å². The van der Waals surface area contributed by atoms with Gasteiger partial charge in [-0.15, -0.1) is 0 Å². The number of aryl methyl sites for hydroxylation is 3. The molecular formula is C16H21NO5. The molecule has 0 bridgehead atoms. The number of hydrogen-bond donors (Lipinski definition) is 2. The highest BCUT2D eigenvalue weighted by molar-refractivity contribution is 5.88. The maximum absolute atomic E-state index is 12.0. The molecule has 1 atom stereocenters. The lowest BCUT2D eigenvalue weighted by molar-refractivity contribution is -0.148. The molecule has 120 valence electrons. The molecule has 1 amide bonds. The van der Waals surface area contributed by atoms with Crippen molar-refractivity contribution in [3.63, 3.8) is 0 Å². The van der Waals surface area contributed by atoms with Crippen molar-refractivity contribution in [1.82, 2.24) is 5.32 Å². The maximum Gasteiger partial charge on any atom is 0.331 e. The summed E-state index contributed by atoms with van der Waals surface area (Å²) in [6.07, 6.45) is 0.261. The molecule has 2 N–H and O–H groups in total. The average Bonchev–Trinajstić information content (AvgIpc) is 2.87. The Morgan fingerprint density at radius 2 is 1.95 bits per heavy atom. The second-order valence-corrected chi connectivity index (χ2v) is 5.75. The zero-order chi connectivity index (χ0) is 16.3. The van der Waals surface area contributed by atoms with Crippen molar-refractivity contribution < 1.29 is 24.2 Å². The number of carbonyl (C=O) groups excluding carboxylic acids is 1. The molecule has 0 spiro atoms. The van der Waals surface area contributed by atoms with Crippen molar-refractivity contribution >= 4 is 11.9 Å². The SMILES string of the molecule is Cc1cc(C)c(OCC(=O)NC2(C(=O)O)CCOC2)c(C)c1. The van der Waals surface area contributed by atoms with Crippen LogP contribution in [-0.4, -0.2) is 42.3 Å². The summed E-state index contributed by atoms with van der Waals surface area (Å²) in [5.41, 5.74) is 1.68. The minimum atomic E-state index is -1.34. The van der Waals surface area contributed by atoms with Gasteiger partial charge in [0, 0.05) is 13.0 Å². The minimum Gasteiger partial charge on any atom is -0.483 e. The number of hydrogen-bond acceptors (Lipinski definition) is 4. The summed E-state index contributed by atoms with van der Waals surface area (Å²) < 4.78 is 10.7. The first-order valence-electron chi connectivity index (χ1n) is 7.17. The van der Waals surface area contributed by atoms with Crippen molar-refractivity contribution in [2.45, 2.75) is 32.7 Å². The van der Waals surface area contributed by atoms with Crippen molar-refractivity contribution in [3.05, 3.63) is 28.8 Å². The monoisotopic (exact) mass is 307 g/mol. The fourth-order valence-corrected chi connectivity index (χ4v) is 2.72. The Balaban J connectivity index is 2.00. The van der Waals surface area contributed by atoms with Gasteiger partial charge in [-0.2, -0.15) is 0 Å². The van der Waals surface area contributed by atoms with Crippen molar-refractivity contribution in [2.24, 2.45) is 0 Å². The van der Waals surface area contributed by atoms with Crippen LogP contribution >= 0.6 is 0 Å². The Labute approximate surface area is 129 Å². The number of benzene rings is 1. The zero-order valence-corrected chi connectivity index (χ0v) is 13.1. The Morgan fingerprint density at radius 3 is 2.45 bits per heavy atom. The highest BCUT2D eigenvalue weighted by Gasteiger charge is 2.43. The van der Waals surface area contributed by atoms with Gasteiger partial charge in [0.1, 0.15) is 5.75 Å². The summed E-state index contributed by atoms with van der Waals surface area (Å²) in [5, 5.41) is 11.8. The fraction of sp³-hybridized carbons (Fsp3) is 0.500. The molecule has 6 nitrogen and oxygen atoms in total. The van der Waals surface area contributed by atoms with E-state index in [1.54, 1.807) is 0 Å². The third-order valence-corrected chi connectivity index (χ3v) is 3.76. The lowest BCUT2D eigenvalue weighted by Crippen LogP contribution is -2.56. The molecule has 1 unspecified atom stereocenters. The molecule has 1 aliphatic heterocycles. The predicted molar refractivity (Wildman–Crippen MR) is 80.1 cm³/mol. The van der Waals surface area contributed by atoms with Crippen molar-refractivity contribution in [3.8, 4) is 5.75 Å². The number of carboxylic acid groups (broad SMARTS) is 1. The molecule has 0 saturated carbocycles. The highest BCUT2D eigenvalue weighted by Crippen LogP contribution is 2.24. The average molecular weight is 307 g/mol. The van der Waals surface area contributed by atoms with Crippen molar-refractivity contribution in [1.29, 1.82) is 0 Å². The summed E-state index contributed by atoms with van der Waals surface area (Å²) in [4.78, 5) is 23.4. The summed E-state index contributed by atoms with van der Waals surface area (Å²) in [6.45, 7) is 5.90. The van der Waals surface area contributed by atoms with Crippen LogP contribution < -0.4 is 10.1 Å². The molecule has 1 fully saturated rings. The second kappa shape index (κ2) is 6.36. The Bertz CT molecular complexity index is 567. The van der Waals surface area contributed by atoms with E-state index in [-0.39, 0.29) is 19.6 Å². The van der Waals surface area contributed by atoms with Crippen LogP contribution in [0.5, 0.6) is 5.75 Å². The smallest absolute Gasteiger partial charge is 0.331 e. The second-order valence-electron chi connectivity index (χ2n) is 5.75. The molecule has 2 rings (SSSR count). The molecule has 22 heavy (non-hydrogen) atoms. The van der Waals surface area contributed by atoms with Crippen LogP contribution in [0.25, 0.3) is 0 Å². The van der Waals surface area contributed by atoms with Gasteiger partial charge >= 0.3 is 5.97 Å². The molecule has 1 heterocycles. The maximum atomic E-state index is 12.0. The largest absolute Gasteiger partial charge is 0.483 e. The number of carboxylic acids is 1. The van der Waals surface area contributed by atoms with Gasteiger partial charge < -0.3 is 19.9 Å². The first-order valence-corrected chi connectivity index (χ1v) is 7.17. The van der Waals surface area contributed by atoms with Crippen LogP contribution in [0, 0.1) is 20.8 Å². The standard InChI is InChI=1S/C16H21NO5/c1-10-6-11(2)14(12(3)7-10)22-8-13(18)17-16(15(19)20)4-5-21-9-16/h6-7H,4-5,8-9H2,1-3H3,(H,17,18)(H,19,20). The number of rotatable bonds is 5. The minimum absolute atomic E-state index is 0.0172. The normalized spacial score (nSPS) is 20.7. The van der Waals surface area contributed by atoms with Gasteiger partial charge in [-0.05, 0) is 31.9 Å². The van der Waals surface area contributed by atoms with E-state index in [9.17, 15) is 14.7 Å². The number of aliphatic carboxylic acids is 1. The van der Waals surface area contributed by atoms with E-state index in [2.05, 4.69) is 5.32 Å². The molecule has 1 aromatic carbocycles. The van der Waals surface area contributed by atoms with E-state index in [4.69, 9.17) is 9.47 Å². The van der Waals surface area contributed by atoms with Gasteiger partial charge in [0.25, 0.3) is 5.91 Å². The van der Waals surface area contributed by atoms with E-state index in [1.165, 1.54) is 0 Å². The van der Waals surface area contributed by atoms with E-state index < -0.39 is 17.4 Å². The third-order valence-electron chi connectivity index (χ3n) is 3.76. The van der Waals surface area contributed by atoms with Gasteiger partial charge in [-0.3, -0.25) is 4.79 Å². The lowest BCUT2D eigenvalue weighted by atomic mass is 9.99. The third kappa shape index (κ3) is 3.39. The van der Waals surface area contributed by atoms with Crippen LogP contribution in [0.2, 0.25) is 0 Å². The van der Waals surface area contributed by atoms with Crippen molar-refractivity contribution in [2.75, 3.05) is 19.8 Å². The Hall–Kier alpha value is -2.08. The summed E-state index contributed by atoms with van der Waals surface area (Å²) in [6, 6.07) is 3.95. The van der Waals surface area contributed by atoms with Crippen LogP contribution in [0.3, 0.4) is 0 Å². The van der Waals surface area contributed by atoms with E-state index in [1.807, 2.05) is 32.9 Å². The fourth-order valence-electron chi connectivity index (χ4n) is 2.72. The van der Waals surface area contributed by atoms with E-state index in [0.29, 0.717) is 12.4 Å². The molecule has 1 saturated heterocycles. The van der Waals surface area contributed by atoms with Gasteiger partial charge in [0.2, 0.25) is 0 Å². The molecular weight excluding hydrogens is 286 g/mol. The highest BCUT2D eigenvalue weighted by atomic mass is 16.5. The molecule has 1 aromatic rings. The predicted octanol–water partition coefficient (Wildman–Crippen LogP) is 1.35. The molecule has 1 aliphatic rings. The zero-order valence-electron chi connectivity index (χ0n) is 13.1. The van der Waals surface area contributed by atoms with Gasteiger partial charge in [0.15, 0.2) is 12.1 Å². The number of carbonyl (C=O) groups is 2. The number of nitrogens with one attached hydrogen (secondary N) is 1.